The van der Waals surface area contributed by atoms with E-state index in [0.717, 1.165) is 22.6 Å². The minimum absolute atomic E-state index is 0.0136. The quantitative estimate of drug-likeness (QED) is 0.145. The average Bonchev–Trinajstić information content (AvgIpc) is 3.30. The highest BCUT2D eigenvalue weighted by atomic mass is 32.2. The molecule has 15 heteroatoms. The zero-order chi connectivity index (χ0) is 35.4. The first kappa shape index (κ1) is 41.2. The van der Waals surface area contributed by atoms with Crippen LogP contribution in [0.25, 0.3) is 0 Å². The van der Waals surface area contributed by atoms with Gasteiger partial charge in [0.05, 0.1) is 28.6 Å². The minimum Gasteiger partial charge on any atom is -0.443 e. The van der Waals surface area contributed by atoms with Crippen molar-refractivity contribution in [3.05, 3.63) is 15.6 Å². The summed E-state index contributed by atoms with van der Waals surface area (Å²) >= 11 is 1.49. The minimum atomic E-state index is -3.72. The first-order chi connectivity index (χ1) is 21.2. The maximum Gasteiger partial charge on any atom is 0.408 e. The van der Waals surface area contributed by atoms with E-state index < -0.39 is 63.6 Å². The SMILES string of the molecule is CCc1nc(COC(=O)N[C@@H](CS(C)(=O)=O)C(=O)N[C@@H](CC(C)C)[C@@H](O)C[C@@H](C)C(=O)N[C@H](C(=O)NCC(C)C)C(C)C)c(C)s1. The molecular formula is C31H55N5O8S2. The summed E-state index contributed by atoms with van der Waals surface area (Å²) < 4.78 is 29.6. The number of hydrogen-bond acceptors (Lipinski definition) is 10. The lowest BCUT2D eigenvalue weighted by Crippen LogP contribution is -2.55. The number of alkyl carbamates (subject to hydrolysis) is 1. The molecule has 264 valence electrons. The molecule has 0 aromatic carbocycles. The predicted octanol–water partition coefficient (Wildman–Crippen LogP) is 2.48. The van der Waals surface area contributed by atoms with Gasteiger partial charge in [0.15, 0.2) is 0 Å². The van der Waals surface area contributed by atoms with Crippen LogP contribution in [0.4, 0.5) is 4.79 Å². The number of aromatic nitrogens is 1. The van der Waals surface area contributed by atoms with E-state index in [-0.39, 0.29) is 36.7 Å². The maximum absolute atomic E-state index is 13.4. The van der Waals surface area contributed by atoms with Crippen LogP contribution in [0.3, 0.4) is 0 Å². The van der Waals surface area contributed by atoms with Gasteiger partial charge in [-0.05, 0) is 43.9 Å². The molecule has 1 aromatic heterocycles. The summed E-state index contributed by atoms with van der Waals surface area (Å²) in [5.74, 6) is -2.85. The van der Waals surface area contributed by atoms with E-state index in [2.05, 4.69) is 26.3 Å². The summed E-state index contributed by atoms with van der Waals surface area (Å²) in [7, 11) is -3.72. The Morgan fingerprint density at radius 3 is 2.04 bits per heavy atom. The summed E-state index contributed by atoms with van der Waals surface area (Å²) in [6, 6.07) is -3.11. The van der Waals surface area contributed by atoms with Gasteiger partial charge in [0.25, 0.3) is 0 Å². The zero-order valence-electron chi connectivity index (χ0n) is 28.9. The zero-order valence-corrected chi connectivity index (χ0v) is 30.6. The summed E-state index contributed by atoms with van der Waals surface area (Å²) in [6.07, 6.45) is -0.231. The van der Waals surface area contributed by atoms with Crippen molar-refractivity contribution >= 4 is 45.0 Å². The molecule has 1 heterocycles. The van der Waals surface area contributed by atoms with Crippen molar-refractivity contribution in [2.45, 2.75) is 112 Å². The molecule has 46 heavy (non-hydrogen) atoms. The number of sulfone groups is 1. The van der Waals surface area contributed by atoms with Gasteiger partial charge in [0.1, 0.15) is 28.5 Å². The Morgan fingerprint density at radius 2 is 1.54 bits per heavy atom. The van der Waals surface area contributed by atoms with Crippen LogP contribution in [0.15, 0.2) is 0 Å². The molecule has 1 rings (SSSR count). The van der Waals surface area contributed by atoms with Crippen molar-refractivity contribution in [2.24, 2.45) is 23.7 Å². The summed E-state index contributed by atoms with van der Waals surface area (Å²) in [4.78, 5) is 57.0. The highest BCUT2D eigenvalue weighted by Crippen LogP contribution is 2.19. The lowest BCUT2D eigenvalue weighted by molar-refractivity contribution is -0.132. The van der Waals surface area contributed by atoms with Gasteiger partial charge in [-0.15, -0.1) is 11.3 Å². The monoisotopic (exact) mass is 689 g/mol. The molecule has 0 aliphatic rings. The van der Waals surface area contributed by atoms with Gasteiger partial charge in [-0.2, -0.15) is 0 Å². The Morgan fingerprint density at radius 1 is 0.913 bits per heavy atom. The second-order valence-electron chi connectivity index (χ2n) is 13.1. The van der Waals surface area contributed by atoms with Crippen molar-refractivity contribution < 1.29 is 37.4 Å². The molecule has 5 atom stereocenters. The molecule has 0 saturated carbocycles. The molecule has 0 spiro atoms. The Balaban J connectivity index is 2.98. The van der Waals surface area contributed by atoms with Gasteiger partial charge < -0.3 is 31.1 Å². The Bertz CT molecular complexity index is 1270. The molecule has 1 aromatic rings. The fraction of sp³-hybridized carbons (Fsp3) is 0.774. The highest BCUT2D eigenvalue weighted by Gasteiger charge is 2.33. The van der Waals surface area contributed by atoms with Crippen LogP contribution in [-0.4, -0.2) is 85.1 Å². The second kappa shape index (κ2) is 19.1. The topological polar surface area (TPSA) is 193 Å². The number of aryl methyl sites for hydroxylation is 2. The van der Waals surface area contributed by atoms with Gasteiger partial charge in [0, 0.05) is 23.6 Å². The van der Waals surface area contributed by atoms with Gasteiger partial charge in [0.2, 0.25) is 17.7 Å². The number of nitrogens with one attached hydrogen (secondary N) is 4. The molecule has 4 amide bonds. The number of aliphatic hydroxyl groups excluding tert-OH is 1. The average molecular weight is 690 g/mol. The number of thiazole rings is 1. The number of nitrogens with zero attached hydrogens (tertiary/aromatic N) is 1. The molecule has 13 nitrogen and oxygen atoms in total. The van der Waals surface area contributed by atoms with Crippen LogP contribution in [0, 0.1) is 30.6 Å². The number of aliphatic hydroxyl groups is 1. The van der Waals surface area contributed by atoms with E-state index >= 15 is 0 Å². The number of carbonyl (C=O) groups is 4. The molecule has 0 aliphatic heterocycles. The fourth-order valence-corrected chi connectivity index (χ4v) is 6.27. The van der Waals surface area contributed by atoms with Gasteiger partial charge in [-0.3, -0.25) is 14.4 Å². The van der Waals surface area contributed by atoms with Gasteiger partial charge in [-0.25, -0.2) is 18.2 Å². The van der Waals surface area contributed by atoms with Gasteiger partial charge >= 0.3 is 6.09 Å². The molecule has 0 radical (unpaired) electrons. The van der Waals surface area contributed by atoms with Crippen molar-refractivity contribution in [3.8, 4) is 0 Å². The van der Waals surface area contributed by atoms with Crippen LogP contribution in [0.2, 0.25) is 0 Å². The van der Waals surface area contributed by atoms with E-state index in [0.29, 0.717) is 18.7 Å². The first-order valence-electron chi connectivity index (χ1n) is 15.9. The molecule has 0 bridgehead atoms. The van der Waals surface area contributed by atoms with Crippen molar-refractivity contribution in [1.29, 1.82) is 0 Å². The first-order valence-corrected chi connectivity index (χ1v) is 18.7. The van der Waals surface area contributed by atoms with E-state index in [1.165, 1.54) is 11.3 Å². The number of carbonyl (C=O) groups excluding carboxylic acids is 4. The van der Waals surface area contributed by atoms with Crippen LogP contribution >= 0.6 is 11.3 Å². The van der Waals surface area contributed by atoms with Crippen LogP contribution in [0.1, 0.15) is 83.8 Å². The smallest absolute Gasteiger partial charge is 0.408 e. The van der Waals surface area contributed by atoms with E-state index in [1.54, 1.807) is 6.92 Å². The lowest BCUT2D eigenvalue weighted by atomic mass is 9.91. The summed E-state index contributed by atoms with van der Waals surface area (Å²) in [5.41, 5.74) is 0.579. The third kappa shape index (κ3) is 15.2. The molecule has 0 saturated heterocycles. The number of rotatable bonds is 19. The molecule has 5 N–H and O–H groups in total. The van der Waals surface area contributed by atoms with Crippen molar-refractivity contribution in [3.63, 3.8) is 0 Å². The summed E-state index contributed by atoms with van der Waals surface area (Å²) in [5, 5.41) is 22.7. The third-order valence-electron chi connectivity index (χ3n) is 7.15. The second-order valence-corrected chi connectivity index (χ2v) is 16.6. The lowest BCUT2D eigenvalue weighted by Gasteiger charge is -2.30. The van der Waals surface area contributed by atoms with Crippen LogP contribution in [0.5, 0.6) is 0 Å². The van der Waals surface area contributed by atoms with Gasteiger partial charge in [-0.1, -0.05) is 55.4 Å². The van der Waals surface area contributed by atoms with E-state index in [9.17, 15) is 32.7 Å². The van der Waals surface area contributed by atoms with Crippen molar-refractivity contribution in [1.82, 2.24) is 26.3 Å². The molecular weight excluding hydrogens is 635 g/mol. The fourth-order valence-electron chi connectivity index (χ4n) is 4.56. The maximum atomic E-state index is 13.4. The summed E-state index contributed by atoms with van der Waals surface area (Å²) in [6.45, 7) is 17.1. The molecule has 0 aliphatic carbocycles. The molecule has 0 fully saturated rings. The normalized spacial score (nSPS) is 15.2. The Kier molecular flexibility index (Phi) is 17.2. The van der Waals surface area contributed by atoms with E-state index in [1.807, 2.05) is 55.4 Å². The highest BCUT2D eigenvalue weighted by molar-refractivity contribution is 7.90. The standard InChI is InChI=1S/C31H55N5O8S2/c1-11-26-33-23(21(9)45-26)15-44-31(41)35-24(16-46(10,42)43)29(39)34-22(12-17(2)3)25(37)13-20(8)28(38)36-27(19(6)7)30(40)32-14-18(4)5/h17-20,22,24-25,27,37H,11-16H2,1-10H3,(H,32,40)(H,34,39)(H,35,41)(H,36,38)/t20-,22+,24+,25+,27+/m1/s1. The van der Waals surface area contributed by atoms with Crippen LogP contribution < -0.4 is 21.3 Å². The Labute approximate surface area is 278 Å². The van der Waals surface area contributed by atoms with Crippen LogP contribution in [-0.2, 0) is 42.0 Å². The largest absolute Gasteiger partial charge is 0.443 e. The third-order valence-corrected chi connectivity index (χ3v) is 9.25. The molecule has 0 unspecified atom stereocenters. The predicted molar refractivity (Wildman–Crippen MR) is 179 cm³/mol. The number of hydrogen-bond donors (Lipinski definition) is 5. The van der Waals surface area contributed by atoms with E-state index in [4.69, 9.17) is 4.74 Å². The Hall–Kier alpha value is -2.78. The number of amides is 4. The van der Waals surface area contributed by atoms with Crippen molar-refractivity contribution in [2.75, 3.05) is 18.6 Å². The number of ether oxygens (including phenoxy) is 1.